The first-order valence-corrected chi connectivity index (χ1v) is 7.61. The van der Waals surface area contributed by atoms with Gasteiger partial charge in [0.1, 0.15) is 0 Å². The number of nitrogens with one attached hydrogen (secondary N) is 2. The second-order valence-corrected chi connectivity index (χ2v) is 6.01. The van der Waals surface area contributed by atoms with E-state index in [0.29, 0.717) is 16.9 Å². The summed E-state index contributed by atoms with van der Waals surface area (Å²) in [4.78, 5) is 11.5. The third kappa shape index (κ3) is 3.51. The van der Waals surface area contributed by atoms with E-state index in [1.54, 1.807) is 24.3 Å². The molecule has 0 aliphatic carbocycles. The van der Waals surface area contributed by atoms with Crippen LogP contribution in [-0.2, 0) is 10.0 Å². The lowest BCUT2D eigenvalue weighted by Gasteiger charge is -2.09. The molecular weight excluding hydrogens is 290 g/mol. The molecule has 0 unspecified atom stereocenters. The maximum atomic E-state index is 12.2. The topological polar surface area (TPSA) is 101 Å². The standard InChI is InChI=1S/C14H15N3O3S/c1-16-14(18)10-2-8-13(9-3-10)21(19,20)17-12-6-4-11(15)5-7-12/h2-9,17H,15H2,1H3,(H,16,18). The van der Waals surface area contributed by atoms with Gasteiger partial charge in [0.05, 0.1) is 4.90 Å². The largest absolute Gasteiger partial charge is 0.399 e. The molecule has 0 aromatic heterocycles. The number of hydrogen-bond donors (Lipinski definition) is 3. The first-order chi connectivity index (χ1) is 9.92. The number of rotatable bonds is 4. The second-order valence-electron chi connectivity index (χ2n) is 4.33. The highest BCUT2D eigenvalue weighted by molar-refractivity contribution is 7.92. The van der Waals surface area contributed by atoms with Gasteiger partial charge in [0, 0.05) is 24.0 Å². The third-order valence-electron chi connectivity index (χ3n) is 2.82. The predicted molar refractivity (Wildman–Crippen MR) is 81.5 cm³/mol. The summed E-state index contributed by atoms with van der Waals surface area (Å²) in [7, 11) is -2.19. The van der Waals surface area contributed by atoms with Crippen molar-refractivity contribution in [3.8, 4) is 0 Å². The summed E-state index contributed by atoms with van der Waals surface area (Å²) in [6.45, 7) is 0. The molecule has 0 atom stereocenters. The summed E-state index contributed by atoms with van der Waals surface area (Å²) in [5, 5.41) is 2.47. The number of sulfonamides is 1. The normalized spacial score (nSPS) is 10.9. The Morgan fingerprint density at radius 2 is 1.57 bits per heavy atom. The molecule has 2 rings (SSSR count). The van der Waals surface area contributed by atoms with Gasteiger partial charge in [0.2, 0.25) is 0 Å². The van der Waals surface area contributed by atoms with Gasteiger partial charge in [-0.1, -0.05) is 0 Å². The Morgan fingerprint density at radius 1 is 1.00 bits per heavy atom. The number of amides is 1. The molecule has 0 spiro atoms. The molecule has 0 saturated carbocycles. The van der Waals surface area contributed by atoms with Gasteiger partial charge < -0.3 is 11.1 Å². The summed E-state index contributed by atoms with van der Waals surface area (Å²) >= 11 is 0. The Labute approximate surface area is 123 Å². The summed E-state index contributed by atoms with van der Waals surface area (Å²) in [6, 6.07) is 12.0. The minimum absolute atomic E-state index is 0.0759. The number of nitrogens with two attached hydrogens (primary N) is 1. The van der Waals surface area contributed by atoms with Gasteiger partial charge in [-0.05, 0) is 48.5 Å². The monoisotopic (exact) mass is 305 g/mol. The zero-order chi connectivity index (χ0) is 15.5. The molecule has 0 bridgehead atoms. The van der Waals surface area contributed by atoms with Crippen LogP contribution in [-0.4, -0.2) is 21.4 Å². The van der Waals surface area contributed by atoms with Crippen LogP contribution < -0.4 is 15.8 Å². The van der Waals surface area contributed by atoms with Crippen molar-refractivity contribution in [2.75, 3.05) is 17.5 Å². The summed E-state index contributed by atoms with van der Waals surface area (Å²) in [6.07, 6.45) is 0. The molecule has 0 aliphatic heterocycles. The Kier molecular flexibility index (Phi) is 4.13. The molecular formula is C14H15N3O3S. The summed E-state index contributed by atoms with van der Waals surface area (Å²) < 4.78 is 26.8. The molecule has 110 valence electrons. The number of hydrogen-bond acceptors (Lipinski definition) is 4. The molecule has 0 heterocycles. The quantitative estimate of drug-likeness (QED) is 0.744. The Bertz CT molecular complexity index is 738. The molecule has 0 fully saturated rings. The molecule has 2 aromatic carbocycles. The highest BCUT2D eigenvalue weighted by Gasteiger charge is 2.14. The first-order valence-electron chi connectivity index (χ1n) is 6.13. The Hall–Kier alpha value is -2.54. The average molecular weight is 305 g/mol. The third-order valence-corrected chi connectivity index (χ3v) is 4.21. The van der Waals surface area contributed by atoms with Gasteiger partial charge in [0.25, 0.3) is 15.9 Å². The number of anilines is 2. The van der Waals surface area contributed by atoms with Crippen molar-refractivity contribution in [1.29, 1.82) is 0 Å². The van der Waals surface area contributed by atoms with E-state index < -0.39 is 10.0 Å². The van der Waals surface area contributed by atoms with Crippen LogP contribution in [0.2, 0.25) is 0 Å². The number of benzene rings is 2. The number of carbonyl (C=O) groups excluding carboxylic acids is 1. The Balaban J connectivity index is 2.23. The zero-order valence-electron chi connectivity index (χ0n) is 11.3. The molecule has 0 saturated heterocycles. The molecule has 7 heteroatoms. The lowest BCUT2D eigenvalue weighted by atomic mass is 10.2. The maximum Gasteiger partial charge on any atom is 0.261 e. The van der Waals surface area contributed by atoms with E-state index >= 15 is 0 Å². The minimum Gasteiger partial charge on any atom is -0.399 e. The Morgan fingerprint density at radius 3 is 2.10 bits per heavy atom. The second kappa shape index (κ2) is 5.84. The van der Waals surface area contributed by atoms with Crippen molar-refractivity contribution in [1.82, 2.24) is 5.32 Å². The SMILES string of the molecule is CNC(=O)c1ccc(S(=O)(=O)Nc2ccc(N)cc2)cc1. The van der Waals surface area contributed by atoms with Crippen molar-refractivity contribution >= 4 is 27.3 Å². The van der Waals surface area contributed by atoms with Crippen molar-refractivity contribution in [2.45, 2.75) is 4.90 Å². The van der Waals surface area contributed by atoms with Gasteiger partial charge in [-0.25, -0.2) is 8.42 Å². The van der Waals surface area contributed by atoms with Crippen LogP contribution in [0.15, 0.2) is 53.4 Å². The van der Waals surface area contributed by atoms with Crippen molar-refractivity contribution in [3.63, 3.8) is 0 Å². The van der Waals surface area contributed by atoms with Crippen LogP contribution in [0.4, 0.5) is 11.4 Å². The van der Waals surface area contributed by atoms with E-state index in [0.717, 1.165) is 0 Å². The fraction of sp³-hybridized carbons (Fsp3) is 0.0714. The molecule has 0 aliphatic rings. The van der Waals surface area contributed by atoms with E-state index in [9.17, 15) is 13.2 Å². The fourth-order valence-corrected chi connectivity index (χ4v) is 2.75. The highest BCUT2D eigenvalue weighted by Crippen LogP contribution is 2.17. The lowest BCUT2D eigenvalue weighted by molar-refractivity contribution is 0.0963. The van der Waals surface area contributed by atoms with Crippen LogP contribution in [0.5, 0.6) is 0 Å². The number of nitrogen functional groups attached to an aromatic ring is 1. The van der Waals surface area contributed by atoms with Crippen LogP contribution in [0.1, 0.15) is 10.4 Å². The van der Waals surface area contributed by atoms with Gasteiger partial charge in [-0.15, -0.1) is 0 Å². The molecule has 2 aromatic rings. The summed E-state index contributed by atoms with van der Waals surface area (Å²) in [5.74, 6) is -0.273. The number of carbonyl (C=O) groups is 1. The van der Waals surface area contributed by atoms with Crippen LogP contribution in [0.3, 0.4) is 0 Å². The van der Waals surface area contributed by atoms with Crippen LogP contribution >= 0.6 is 0 Å². The van der Waals surface area contributed by atoms with Gasteiger partial charge in [-0.3, -0.25) is 9.52 Å². The van der Waals surface area contributed by atoms with E-state index in [1.807, 2.05) is 0 Å². The van der Waals surface area contributed by atoms with Crippen LogP contribution in [0, 0.1) is 0 Å². The van der Waals surface area contributed by atoms with E-state index in [4.69, 9.17) is 5.73 Å². The van der Waals surface area contributed by atoms with Crippen molar-refractivity contribution < 1.29 is 13.2 Å². The van der Waals surface area contributed by atoms with Gasteiger partial charge >= 0.3 is 0 Å². The molecule has 0 radical (unpaired) electrons. The van der Waals surface area contributed by atoms with Gasteiger partial charge in [-0.2, -0.15) is 0 Å². The smallest absolute Gasteiger partial charge is 0.261 e. The van der Waals surface area contributed by atoms with E-state index in [-0.39, 0.29) is 10.8 Å². The highest BCUT2D eigenvalue weighted by atomic mass is 32.2. The molecule has 21 heavy (non-hydrogen) atoms. The first kappa shape index (κ1) is 14.9. The van der Waals surface area contributed by atoms with Crippen LogP contribution in [0.25, 0.3) is 0 Å². The van der Waals surface area contributed by atoms with E-state index in [2.05, 4.69) is 10.0 Å². The minimum atomic E-state index is -3.70. The zero-order valence-corrected chi connectivity index (χ0v) is 12.1. The van der Waals surface area contributed by atoms with E-state index in [1.165, 1.54) is 31.3 Å². The average Bonchev–Trinajstić information content (AvgIpc) is 2.49. The molecule has 6 nitrogen and oxygen atoms in total. The predicted octanol–water partition coefficient (Wildman–Crippen LogP) is 1.43. The van der Waals surface area contributed by atoms with Gasteiger partial charge in [0.15, 0.2) is 0 Å². The maximum absolute atomic E-state index is 12.2. The molecule has 1 amide bonds. The summed E-state index contributed by atoms with van der Waals surface area (Å²) in [5.41, 5.74) is 6.90. The van der Waals surface area contributed by atoms with Crippen molar-refractivity contribution in [3.05, 3.63) is 54.1 Å². The lowest BCUT2D eigenvalue weighted by Crippen LogP contribution is -2.18. The van der Waals surface area contributed by atoms with Crippen molar-refractivity contribution in [2.24, 2.45) is 0 Å². The molecule has 4 N–H and O–H groups in total. The fourth-order valence-electron chi connectivity index (χ4n) is 1.70.